The standard InChI is InChI=1S/C50H49N3O7/c1-50(2,3)60-49(57)52-44(29-34-24-27-36-16-8-9-17-38(36)28-34)46(54)53(31-33-22-25-37(26-23-33)35-14-6-5-7-15-35)45(47(55)58-4)30-51-48(56)59-32-43-41-20-12-10-18-39(41)40-19-11-13-21-42(40)43/h5-28,43-45H,29-32H2,1-4H3,(H,51,56)(H,52,57)/t44?,45-/m0/s1. The quantitative estimate of drug-likeness (QED) is 0.0883. The zero-order valence-electron chi connectivity index (χ0n) is 34.2. The van der Waals surface area contributed by atoms with Crippen LogP contribution in [-0.2, 0) is 36.8 Å². The van der Waals surface area contributed by atoms with Crippen LogP contribution in [0.2, 0.25) is 0 Å². The lowest BCUT2D eigenvalue weighted by Crippen LogP contribution is -2.57. The molecule has 1 aliphatic rings. The minimum atomic E-state index is -1.31. The first kappa shape index (κ1) is 41.2. The Morgan fingerprint density at radius 3 is 1.90 bits per heavy atom. The van der Waals surface area contributed by atoms with E-state index in [9.17, 15) is 14.4 Å². The number of carbonyl (C=O) groups is 4. The fraction of sp³-hybridized carbons (Fsp3) is 0.240. The second-order valence-corrected chi connectivity index (χ2v) is 15.9. The second-order valence-electron chi connectivity index (χ2n) is 15.9. The van der Waals surface area contributed by atoms with Crippen molar-refractivity contribution < 1.29 is 33.4 Å². The van der Waals surface area contributed by atoms with Crippen LogP contribution in [0.25, 0.3) is 33.0 Å². The summed E-state index contributed by atoms with van der Waals surface area (Å²) in [5.41, 5.74) is 6.94. The van der Waals surface area contributed by atoms with Crippen molar-refractivity contribution in [3.8, 4) is 22.3 Å². The highest BCUT2D eigenvalue weighted by Gasteiger charge is 2.37. The van der Waals surface area contributed by atoms with Crippen LogP contribution in [-0.4, -0.2) is 66.9 Å². The lowest BCUT2D eigenvalue weighted by molar-refractivity contribution is -0.154. The third kappa shape index (κ3) is 9.84. The van der Waals surface area contributed by atoms with Gasteiger partial charge in [0.15, 0.2) is 0 Å². The summed E-state index contributed by atoms with van der Waals surface area (Å²) in [7, 11) is 1.23. The zero-order chi connectivity index (χ0) is 42.2. The molecule has 0 saturated heterocycles. The van der Waals surface area contributed by atoms with Crippen LogP contribution >= 0.6 is 0 Å². The summed E-state index contributed by atoms with van der Waals surface area (Å²) < 4.78 is 16.7. The predicted octanol–water partition coefficient (Wildman–Crippen LogP) is 9.05. The number of methoxy groups -OCH3 is 1. The number of fused-ring (bicyclic) bond motifs is 4. The van der Waals surface area contributed by atoms with Gasteiger partial charge in [-0.15, -0.1) is 0 Å². The number of ether oxygens (including phenoxy) is 3. The average Bonchev–Trinajstić information content (AvgIpc) is 3.57. The molecule has 6 aromatic carbocycles. The van der Waals surface area contributed by atoms with Gasteiger partial charge in [0, 0.05) is 18.9 Å². The summed E-state index contributed by atoms with van der Waals surface area (Å²) in [5, 5.41) is 7.52. The first-order valence-corrected chi connectivity index (χ1v) is 20.1. The van der Waals surface area contributed by atoms with Gasteiger partial charge >= 0.3 is 18.2 Å². The number of benzene rings is 6. The third-order valence-corrected chi connectivity index (χ3v) is 10.6. The Hall–Kier alpha value is -6.94. The van der Waals surface area contributed by atoms with E-state index in [1.165, 1.54) is 12.0 Å². The number of hydrogen-bond acceptors (Lipinski definition) is 7. The highest BCUT2D eigenvalue weighted by molar-refractivity contribution is 5.91. The smallest absolute Gasteiger partial charge is 0.408 e. The van der Waals surface area contributed by atoms with E-state index in [4.69, 9.17) is 14.2 Å². The van der Waals surface area contributed by atoms with Crippen molar-refractivity contribution in [3.05, 3.63) is 168 Å². The fourth-order valence-electron chi connectivity index (χ4n) is 7.71. The van der Waals surface area contributed by atoms with Gasteiger partial charge in [0.05, 0.1) is 13.7 Å². The number of nitrogens with one attached hydrogen (secondary N) is 2. The molecular formula is C50H49N3O7. The van der Waals surface area contributed by atoms with Crippen molar-refractivity contribution in [1.29, 1.82) is 0 Å². The maximum absolute atomic E-state index is 15.0. The van der Waals surface area contributed by atoms with E-state index >= 15 is 4.79 Å². The number of carbonyl (C=O) groups excluding carboxylic acids is 4. The number of hydrogen-bond donors (Lipinski definition) is 2. The van der Waals surface area contributed by atoms with E-state index < -0.39 is 41.7 Å². The highest BCUT2D eigenvalue weighted by atomic mass is 16.6. The Kier molecular flexibility index (Phi) is 12.6. The highest BCUT2D eigenvalue weighted by Crippen LogP contribution is 2.44. The number of esters is 1. The summed E-state index contributed by atoms with van der Waals surface area (Å²) in [4.78, 5) is 57.0. The predicted molar refractivity (Wildman–Crippen MR) is 232 cm³/mol. The SMILES string of the molecule is COC(=O)[C@H](CNC(=O)OCC1c2ccccc2-c2ccccc21)N(Cc1ccc(-c2ccccc2)cc1)C(=O)C(Cc1ccc2ccccc2c1)NC(=O)OC(C)(C)C. The molecule has 0 radical (unpaired) electrons. The van der Waals surface area contributed by atoms with Gasteiger partial charge in [-0.25, -0.2) is 14.4 Å². The van der Waals surface area contributed by atoms with Crippen LogP contribution in [0, 0.1) is 0 Å². The van der Waals surface area contributed by atoms with Gasteiger partial charge in [-0.2, -0.15) is 0 Å². The summed E-state index contributed by atoms with van der Waals surface area (Å²) in [6, 6.07) is 44.8. The Balaban J connectivity index is 1.17. The largest absolute Gasteiger partial charge is 0.467 e. The number of nitrogens with zero attached hydrogens (tertiary/aromatic N) is 1. The van der Waals surface area contributed by atoms with Gasteiger partial charge in [0.25, 0.3) is 0 Å². The summed E-state index contributed by atoms with van der Waals surface area (Å²) >= 11 is 0. The molecule has 0 spiro atoms. The maximum Gasteiger partial charge on any atom is 0.408 e. The first-order chi connectivity index (χ1) is 29.0. The van der Waals surface area contributed by atoms with Gasteiger partial charge in [-0.1, -0.05) is 146 Å². The zero-order valence-corrected chi connectivity index (χ0v) is 34.2. The minimum absolute atomic E-state index is 0.0513. The van der Waals surface area contributed by atoms with E-state index in [1.807, 2.05) is 133 Å². The number of rotatable bonds is 13. The molecule has 306 valence electrons. The number of alkyl carbamates (subject to hydrolysis) is 2. The van der Waals surface area contributed by atoms with Gasteiger partial charge in [0.2, 0.25) is 5.91 Å². The molecule has 2 N–H and O–H groups in total. The monoisotopic (exact) mass is 803 g/mol. The fourth-order valence-corrected chi connectivity index (χ4v) is 7.71. The second kappa shape index (κ2) is 18.3. The molecule has 60 heavy (non-hydrogen) atoms. The van der Waals surface area contributed by atoms with Crippen LogP contribution in [0.5, 0.6) is 0 Å². The Morgan fingerprint density at radius 1 is 0.667 bits per heavy atom. The molecule has 0 bridgehead atoms. The van der Waals surface area contributed by atoms with E-state index in [2.05, 4.69) is 22.8 Å². The summed E-state index contributed by atoms with van der Waals surface area (Å²) in [5.74, 6) is -1.51. The molecule has 0 heterocycles. The van der Waals surface area contributed by atoms with E-state index in [0.29, 0.717) is 5.56 Å². The van der Waals surface area contributed by atoms with Gasteiger partial charge in [-0.05, 0) is 76.1 Å². The summed E-state index contributed by atoms with van der Waals surface area (Å²) in [6.45, 7) is 4.89. The molecule has 7 rings (SSSR count). The molecule has 10 heteroatoms. The molecule has 0 aliphatic heterocycles. The van der Waals surface area contributed by atoms with Crippen molar-refractivity contribution in [2.24, 2.45) is 0 Å². The molecule has 0 saturated carbocycles. The number of amides is 3. The Bertz CT molecular complexity index is 2430. The molecule has 0 aromatic heterocycles. The Labute approximate surface area is 350 Å². The lowest BCUT2D eigenvalue weighted by Gasteiger charge is -2.34. The van der Waals surface area contributed by atoms with Crippen LogP contribution in [0.3, 0.4) is 0 Å². The van der Waals surface area contributed by atoms with Gasteiger partial charge in [-0.3, -0.25) is 4.79 Å². The maximum atomic E-state index is 15.0. The topological polar surface area (TPSA) is 123 Å². The molecule has 10 nitrogen and oxygen atoms in total. The van der Waals surface area contributed by atoms with Gasteiger partial charge in [0.1, 0.15) is 24.3 Å². The Morgan fingerprint density at radius 2 is 1.25 bits per heavy atom. The minimum Gasteiger partial charge on any atom is -0.467 e. The van der Waals surface area contributed by atoms with Crippen molar-refractivity contribution in [3.63, 3.8) is 0 Å². The van der Waals surface area contributed by atoms with E-state index in [-0.39, 0.29) is 32.0 Å². The molecule has 3 amide bonds. The molecule has 6 aromatic rings. The van der Waals surface area contributed by atoms with Crippen LogP contribution in [0.15, 0.2) is 146 Å². The van der Waals surface area contributed by atoms with Crippen molar-refractivity contribution in [2.75, 3.05) is 20.3 Å². The molecular weight excluding hydrogens is 755 g/mol. The van der Waals surface area contributed by atoms with Crippen LogP contribution in [0.1, 0.15) is 48.9 Å². The van der Waals surface area contributed by atoms with Gasteiger partial charge < -0.3 is 29.7 Å². The summed E-state index contributed by atoms with van der Waals surface area (Å²) in [6.07, 6.45) is -1.47. The molecule has 2 atom stereocenters. The normalized spacial score (nSPS) is 13.0. The lowest BCUT2D eigenvalue weighted by atomic mass is 9.98. The van der Waals surface area contributed by atoms with E-state index in [1.54, 1.807) is 20.8 Å². The van der Waals surface area contributed by atoms with E-state index in [0.717, 1.165) is 49.7 Å². The van der Waals surface area contributed by atoms with Crippen LogP contribution < -0.4 is 10.6 Å². The average molecular weight is 804 g/mol. The molecule has 0 fully saturated rings. The van der Waals surface area contributed by atoms with Crippen molar-refractivity contribution >= 4 is 34.8 Å². The van der Waals surface area contributed by atoms with Crippen molar-refractivity contribution in [1.82, 2.24) is 15.5 Å². The third-order valence-electron chi connectivity index (χ3n) is 10.6. The first-order valence-electron chi connectivity index (χ1n) is 20.1. The van der Waals surface area contributed by atoms with Crippen LogP contribution in [0.4, 0.5) is 9.59 Å². The molecule has 1 unspecified atom stereocenters. The molecule has 1 aliphatic carbocycles. The van der Waals surface area contributed by atoms with Crippen molar-refractivity contribution in [2.45, 2.75) is 57.3 Å².